The topological polar surface area (TPSA) is 49.4 Å². The minimum atomic E-state index is -3.75. The molecule has 4 nitrogen and oxygen atoms in total. The van der Waals surface area contributed by atoms with Crippen LogP contribution in [0.15, 0.2) is 27.6 Å². The van der Waals surface area contributed by atoms with Gasteiger partial charge < -0.3 is 5.32 Å². The fourth-order valence-electron chi connectivity index (χ4n) is 1.74. The summed E-state index contributed by atoms with van der Waals surface area (Å²) in [6.45, 7) is 1.91. The van der Waals surface area contributed by atoms with Gasteiger partial charge >= 0.3 is 0 Å². The van der Waals surface area contributed by atoms with E-state index in [2.05, 4.69) is 21.2 Å². The molecule has 1 aliphatic rings. The highest BCUT2D eigenvalue weighted by Crippen LogP contribution is 2.27. The minimum absolute atomic E-state index is 0.260. The number of hydrogen-bond acceptors (Lipinski definition) is 3. The predicted molar refractivity (Wildman–Crippen MR) is 65.7 cm³/mol. The van der Waals surface area contributed by atoms with E-state index in [1.165, 1.54) is 16.4 Å². The first-order valence-corrected chi connectivity index (χ1v) is 7.41. The van der Waals surface area contributed by atoms with Crippen molar-refractivity contribution in [1.29, 1.82) is 0 Å². The molecule has 1 heterocycles. The molecule has 1 aromatic carbocycles. The molecule has 0 aliphatic carbocycles. The van der Waals surface area contributed by atoms with Gasteiger partial charge in [0, 0.05) is 30.7 Å². The molecule has 0 bridgehead atoms. The standard InChI is InChI=1S/C10H12BrFN2O2S/c11-8-2-1-3-9(12)10(8)17(15,16)14-6-4-13-5-7-14/h1-3,13H,4-7H2. The van der Waals surface area contributed by atoms with Gasteiger partial charge in [0.25, 0.3) is 0 Å². The van der Waals surface area contributed by atoms with Gasteiger partial charge in [0.2, 0.25) is 10.0 Å². The average Bonchev–Trinajstić information content (AvgIpc) is 2.29. The summed E-state index contributed by atoms with van der Waals surface area (Å²) < 4.78 is 39.7. The van der Waals surface area contributed by atoms with Crippen molar-refractivity contribution < 1.29 is 12.8 Å². The van der Waals surface area contributed by atoms with Crippen LogP contribution in [-0.2, 0) is 10.0 Å². The highest BCUT2D eigenvalue weighted by Gasteiger charge is 2.30. The van der Waals surface area contributed by atoms with Crippen LogP contribution in [0, 0.1) is 5.82 Å². The van der Waals surface area contributed by atoms with Crippen molar-refractivity contribution in [2.45, 2.75) is 4.90 Å². The lowest BCUT2D eigenvalue weighted by atomic mass is 10.3. The molecule has 0 amide bonds. The summed E-state index contributed by atoms with van der Waals surface area (Å²) in [5.41, 5.74) is 0. The van der Waals surface area contributed by atoms with E-state index in [0.717, 1.165) is 6.07 Å². The Labute approximate surface area is 108 Å². The van der Waals surface area contributed by atoms with Gasteiger partial charge in [-0.3, -0.25) is 0 Å². The Bertz CT molecular complexity index is 495. The molecule has 17 heavy (non-hydrogen) atoms. The van der Waals surface area contributed by atoms with Crippen LogP contribution < -0.4 is 5.32 Å². The van der Waals surface area contributed by atoms with E-state index in [9.17, 15) is 12.8 Å². The van der Waals surface area contributed by atoms with E-state index >= 15 is 0 Å². The van der Waals surface area contributed by atoms with Crippen LogP contribution in [-0.4, -0.2) is 38.9 Å². The van der Waals surface area contributed by atoms with Gasteiger partial charge in [-0.15, -0.1) is 0 Å². The van der Waals surface area contributed by atoms with E-state index < -0.39 is 15.8 Å². The molecule has 94 valence electrons. The van der Waals surface area contributed by atoms with Crippen molar-refractivity contribution in [3.63, 3.8) is 0 Å². The van der Waals surface area contributed by atoms with Crippen LogP contribution >= 0.6 is 15.9 Å². The maximum absolute atomic E-state index is 13.6. The number of nitrogens with one attached hydrogen (secondary N) is 1. The Morgan fingerprint density at radius 1 is 1.29 bits per heavy atom. The molecule has 0 aromatic heterocycles. The van der Waals surface area contributed by atoms with Crippen molar-refractivity contribution in [2.24, 2.45) is 0 Å². The molecule has 0 unspecified atom stereocenters. The molecule has 1 fully saturated rings. The summed E-state index contributed by atoms with van der Waals surface area (Å²) in [5, 5.41) is 3.06. The lowest BCUT2D eigenvalue weighted by Gasteiger charge is -2.27. The Morgan fingerprint density at radius 2 is 1.94 bits per heavy atom. The first-order chi connectivity index (χ1) is 8.03. The van der Waals surface area contributed by atoms with Crippen LogP contribution in [0.1, 0.15) is 0 Å². The molecular weight excluding hydrogens is 311 g/mol. The number of benzene rings is 1. The Balaban J connectivity index is 2.44. The third kappa shape index (κ3) is 2.52. The van der Waals surface area contributed by atoms with E-state index in [0.29, 0.717) is 26.2 Å². The molecule has 0 spiro atoms. The van der Waals surface area contributed by atoms with Gasteiger partial charge in [-0.1, -0.05) is 6.07 Å². The third-order valence-corrected chi connectivity index (χ3v) is 5.49. The zero-order valence-electron chi connectivity index (χ0n) is 8.99. The molecular formula is C10H12BrFN2O2S. The molecule has 0 atom stereocenters. The number of piperazine rings is 1. The van der Waals surface area contributed by atoms with Crippen LogP contribution in [0.5, 0.6) is 0 Å². The Morgan fingerprint density at radius 3 is 2.53 bits per heavy atom. The van der Waals surface area contributed by atoms with Gasteiger partial charge in [0.15, 0.2) is 0 Å². The Hall–Kier alpha value is -0.500. The summed E-state index contributed by atoms with van der Waals surface area (Å²) in [6, 6.07) is 4.15. The first kappa shape index (κ1) is 12.9. The Kier molecular flexibility index (Phi) is 3.82. The van der Waals surface area contributed by atoms with Crippen molar-refractivity contribution in [2.75, 3.05) is 26.2 Å². The summed E-state index contributed by atoms with van der Waals surface area (Å²) in [4.78, 5) is -0.276. The summed E-state index contributed by atoms with van der Waals surface area (Å²) in [7, 11) is -3.75. The van der Waals surface area contributed by atoms with Gasteiger partial charge in [-0.2, -0.15) is 4.31 Å². The number of hydrogen-bond donors (Lipinski definition) is 1. The molecule has 0 radical (unpaired) electrons. The fraction of sp³-hybridized carbons (Fsp3) is 0.400. The van der Waals surface area contributed by atoms with Gasteiger partial charge in [-0.25, -0.2) is 12.8 Å². The van der Waals surface area contributed by atoms with Crippen LogP contribution in [0.4, 0.5) is 4.39 Å². The van der Waals surface area contributed by atoms with E-state index in [4.69, 9.17) is 0 Å². The monoisotopic (exact) mass is 322 g/mol. The summed E-state index contributed by atoms with van der Waals surface area (Å²) >= 11 is 3.09. The zero-order valence-corrected chi connectivity index (χ0v) is 11.4. The van der Waals surface area contributed by atoms with Crippen molar-refractivity contribution >= 4 is 26.0 Å². The van der Waals surface area contributed by atoms with Gasteiger partial charge in [0.1, 0.15) is 10.7 Å². The number of sulfonamides is 1. The normalized spacial score (nSPS) is 18.2. The maximum Gasteiger partial charge on any atom is 0.247 e. The number of nitrogens with zero attached hydrogens (tertiary/aromatic N) is 1. The highest BCUT2D eigenvalue weighted by molar-refractivity contribution is 9.10. The predicted octanol–water partition coefficient (Wildman–Crippen LogP) is 1.18. The summed E-state index contributed by atoms with van der Waals surface area (Å²) in [5.74, 6) is -0.724. The molecule has 1 aromatic rings. The molecule has 1 aliphatic heterocycles. The van der Waals surface area contributed by atoms with Crippen molar-refractivity contribution in [3.05, 3.63) is 28.5 Å². The summed E-state index contributed by atoms with van der Waals surface area (Å²) in [6.07, 6.45) is 0. The van der Waals surface area contributed by atoms with E-state index in [1.54, 1.807) is 0 Å². The minimum Gasteiger partial charge on any atom is -0.314 e. The van der Waals surface area contributed by atoms with E-state index in [1.807, 2.05) is 0 Å². The van der Waals surface area contributed by atoms with Crippen LogP contribution in [0.3, 0.4) is 0 Å². The first-order valence-electron chi connectivity index (χ1n) is 5.18. The lowest BCUT2D eigenvalue weighted by molar-refractivity contribution is 0.358. The SMILES string of the molecule is O=S(=O)(c1c(F)cccc1Br)N1CCNCC1. The lowest BCUT2D eigenvalue weighted by Crippen LogP contribution is -2.46. The largest absolute Gasteiger partial charge is 0.314 e. The number of rotatable bonds is 2. The van der Waals surface area contributed by atoms with Gasteiger partial charge in [-0.05, 0) is 28.1 Å². The fourth-order valence-corrected chi connectivity index (χ4v) is 4.25. The molecule has 1 N–H and O–H groups in total. The van der Waals surface area contributed by atoms with E-state index in [-0.39, 0.29) is 9.37 Å². The smallest absolute Gasteiger partial charge is 0.247 e. The molecule has 1 saturated heterocycles. The second-order valence-corrected chi connectivity index (χ2v) is 6.43. The molecule has 7 heteroatoms. The maximum atomic E-state index is 13.6. The zero-order chi connectivity index (χ0) is 12.5. The average molecular weight is 323 g/mol. The number of halogens is 2. The van der Waals surface area contributed by atoms with Crippen molar-refractivity contribution in [3.8, 4) is 0 Å². The highest BCUT2D eigenvalue weighted by atomic mass is 79.9. The third-order valence-electron chi connectivity index (χ3n) is 2.59. The quantitative estimate of drug-likeness (QED) is 0.889. The van der Waals surface area contributed by atoms with Gasteiger partial charge in [0.05, 0.1) is 0 Å². The van der Waals surface area contributed by atoms with Crippen LogP contribution in [0.25, 0.3) is 0 Å². The van der Waals surface area contributed by atoms with Crippen LogP contribution in [0.2, 0.25) is 0 Å². The molecule has 0 saturated carbocycles. The molecule has 2 rings (SSSR count). The second kappa shape index (κ2) is 5.01. The second-order valence-electron chi connectivity index (χ2n) is 3.70. The van der Waals surface area contributed by atoms with Crippen molar-refractivity contribution in [1.82, 2.24) is 9.62 Å².